The summed E-state index contributed by atoms with van der Waals surface area (Å²) in [6.07, 6.45) is 1.40. The molecule has 0 saturated heterocycles. The van der Waals surface area contributed by atoms with Gasteiger partial charge in [0.25, 0.3) is 0 Å². The first-order chi connectivity index (χ1) is 10.2. The predicted molar refractivity (Wildman–Crippen MR) is 80.8 cm³/mol. The third-order valence-electron chi connectivity index (χ3n) is 2.90. The topological polar surface area (TPSA) is 74.3 Å². The van der Waals surface area contributed by atoms with E-state index in [-0.39, 0.29) is 0 Å². The lowest BCUT2D eigenvalue weighted by molar-refractivity contribution is 0.468. The van der Waals surface area contributed by atoms with E-state index in [9.17, 15) is 8.76 Å². The zero-order valence-electron chi connectivity index (χ0n) is 10.9. The fourth-order valence-electron chi connectivity index (χ4n) is 1.99. The number of nitrogens with one attached hydrogen (secondary N) is 1. The van der Waals surface area contributed by atoms with Crippen LogP contribution in [-0.4, -0.2) is 13.7 Å². The van der Waals surface area contributed by atoms with Gasteiger partial charge in [-0.2, -0.15) is 0 Å². The molecule has 0 radical (unpaired) electrons. The molecule has 0 aliphatic carbocycles. The van der Waals surface area contributed by atoms with Gasteiger partial charge in [0.15, 0.2) is 0 Å². The van der Waals surface area contributed by atoms with E-state index in [1.807, 2.05) is 42.5 Å². The van der Waals surface area contributed by atoms with Gasteiger partial charge in [-0.15, -0.1) is 0 Å². The van der Waals surface area contributed by atoms with Crippen molar-refractivity contribution in [3.05, 3.63) is 60.8 Å². The lowest BCUT2D eigenvalue weighted by atomic mass is 10.1. The summed E-state index contributed by atoms with van der Waals surface area (Å²) in [4.78, 5) is 4.08. The quantitative estimate of drug-likeness (QED) is 0.750. The molecule has 3 aromatic rings. The molecule has 1 atom stereocenters. The maximum absolute atomic E-state index is 10.5. The molecule has 6 heteroatoms. The van der Waals surface area contributed by atoms with E-state index < -0.39 is 11.3 Å². The Hall–Kier alpha value is -2.44. The Morgan fingerprint density at radius 3 is 2.62 bits per heavy atom. The summed E-state index contributed by atoms with van der Waals surface area (Å²) in [5.41, 5.74) is 0.383. The van der Waals surface area contributed by atoms with E-state index >= 15 is 0 Å². The van der Waals surface area contributed by atoms with Crippen molar-refractivity contribution in [1.82, 2.24) is 4.98 Å². The second kappa shape index (κ2) is 5.90. The van der Waals surface area contributed by atoms with Crippen LogP contribution in [0.2, 0.25) is 0 Å². The lowest BCUT2D eigenvalue weighted by Gasteiger charge is -2.10. The van der Waals surface area contributed by atoms with Gasteiger partial charge in [-0.05, 0) is 17.5 Å². The second-order valence-corrected chi connectivity index (χ2v) is 4.97. The normalized spacial score (nSPS) is 12.0. The molecule has 1 aromatic heterocycles. The summed E-state index contributed by atoms with van der Waals surface area (Å²) in [6, 6.07) is 16.9. The number of rotatable bonds is 4. The number of fused-ring (bicyclic) bond motifs is 1. The van der Waals surface area contributed by atoms with E-state index in [1.165, 1.54) is 6.20 Å². The third kappa shape index (κ3) is 3.18. The number of hydrogen-bond acceptors (Lipinski definition) is 4. The maximum atomic E-state index is 10.5. The Labute approximate surface area is 124 Å². The molecule has 0 amide bonds. The molecule has 106 valence electrons. The highest BCUT2D eigenvalue weighted by Crippen LogP contribution is 2.29. The molecule has 1 heterocycles. The standard InChI is InChI=1S/C15H12N2O3S/c18-21(19)17-12-8-9-15(16-10-12)20-14-7-3-5-11-4-1-2-6-13(11)14/h1-10,17H,(H,18,19)/p-1. The van der Waals surface area contributed by atoms with Crippen molar-refractivity contribution in [2.45, 2.75) is 0 Å². The molecule has 0 aliphatic rings. The first kappa shape index (κ1) is 13.5. The minimum atomic E-state index is -2.36. The Kier molecular flexibility index (Phi) is 3.81. The lowest BCUT2D eigenvalue weighted by Crippen LogP contribution is -2.02. The number of benzene rings is 2. The average Bonchev–Trinajstić information content (AvgIpc) is 2.49. The van der Waals surface area contributed by atoms with Crippen molar-refractivity contribution in [1.29, 1.82) is 0 Å². The van der Waals surface area contributed by atoms with Crippen molar-refractivity contribution in [2.24, 2.45) is 0 Å². The summed E-state index contributed by atoms with van der Waals surface area (Å²) < 4.78 is 29.0. The molecule has 0 fully saturated rings. The first-order valence-corrected chi connectivity index (χ1v) is 7.27. The molecule has 2 aromatic carbocycles. The first-order valence-electron chi connectivity index (χ1n) is 6.20. The summed E-state index contributed by atoms with van der Waals surface area (Å²) in [5.74, 6) is 1.10. The Bertz CT molecular complexity index is 785. The summed E-state index contributed by atoms with van der Waals surface area (Å²) in [5, 5.41) is 2.07. The van der Waals surface area contributed by atoms with Crippen molar-refractivity contribution in [3.8, 4) is 11.6 Å². The molecule has 0 saturated carbocycles. The van der Waals surface area contributed by atoms with Crippen molar-refractivity contribution in [2.75, 3.05) is 4.72 Å². The van der Waals surface area contributed by atoms with Crippen molar-refractivity contribution >= 4 is 27.7 Å². The van der Waals surface area contributed by atoms with Gasteiger partial charge in [0, 0.05) is 22.7 Å². The molecule has 21 heavy (non-hydrogen) atoms. The summed E-state index contributed by atoms with van der Waals surface area (Å²) >= 11 is -2.36. The van der Waals surface area contributed by atoms with Gasteiger partial charge in [-0.1, -0.05) is 36.4 Å². The largest absolute Gasteiger partial charge is 0.755 e. The second-order valence-electron chi connectivity index (χ2n) is 4.30. The predicted octanol–water partition coefficient (Wildman–Crippen LogP) is 3.23. The van der Waals surface area contributed by atoms with Crippen LogP contribution in [0.15, 0.2) is 60.8 Å². The fraction of sp³-hybridized carbons (Fsp3) is 0. The van der Waals surface area contributed by atoms with Crippen LogP contribution < -0.4 is 9.46 Å². The molecule has 1 N–H and O–H groups in total. The SMILES string of the molecule is O=S([O-])Nc1ccc(Oc2cccc3ccccc23)nc1. The molecule has 0 aliphatic heterocycles. The van der Waals surface area contributed by atoms with Gasteiger partial charge in [-0.25, -0.2) is 4.98 Å². The minimum Gasteiger partial charge on any atom is -0.755 e. The molecular weight excluding hydrogens is 288 g/mol. The van der Waals surface area contributed by atoms with Crippen molar-refractivity contribution < 1.29 is 13.5 Å². The van der Waals surface area contributed by atoms with Crippen LogP contribution in [-0.2, 0) is 11.3 Å². The van der Waals surface area contributed by atoms with Crippen molar-refractivity contribution in [3.63, 3.8) is 0 Å². The smallest absolute Gasteiger partial charge is 0.219 e. The van der Waals surface area contributed by atoms with Gasteiger partial charge in [0.1, 0.15) is 5.75 Å². The number of ether oxygens (including phenoxy) is 1. The highest BCUT2D eigenvalue weighted by Gasteiger charge is 2.04. The highest BCUT2D eigenvalue weighted by atomic mass is 32.2. The van der Waals surface area contributed by atoms with Crippen LogP contribution in [0.1, 0.15) is 0 Å². The summed E-state index contributed by atoms with van der Waals surface area (Å²) in [7, 11) is 0. The van der Waals surface area contributed by atoms with E-state index in [4.69, 9.17) is 4.74 Å². The van der Waals surface area contributed by atoms with Gasteiger partial charge >= 0.3 is 0 Å². The maximum Gasteiger partial charge on any atom is 0.219 e. The molecule has 5 nitrogen and oxygen atoms in total. The van der Waals surface area contributed by atoms with E-state index in [2.05, 4.69) is 9.71 Å². The van der Waals surface area contributed by atoms with Gasteiger partial charge in [0.05, 0.1) is 11.9 Å². The zero-order valence-corrected chi connectivity index (χ0v) is 11.7. The van der Waals surface area contributed by atoms with Crippen LogP contribution in [0.4, 0.5) is 5.69 Å². The molecule has 0 bridgehead atoms. The number of aromatic nitrogens is 1. The minimum absolute atomic E-state index is 0.383. The zero-order chi connectivity index (χ0) is 14.7. The number of nitrogens with zero attached hydrogens (tertiary/aromatic N) is 1. The Morgan fingerprint density at radius 2 is 1.86 bits per heavy atom. The van der Waals surface area contributed by atoms with Crippen LogP contribution in [0.5, 0.6) is 11.6 Å². The van der Waals surface area contributed by atoms with E-state index in [1.54, 1.807) is 12.1 Å². The van der Waals surface area contributed by atoms with Gasteiger partial charge in [-0.3, -0.25) is 4.21 Å². The van der Waals surface area contributed by atoms with Crippen LogP contribution in [0.3, 0.4) is 0 Å². The number of hydrogen-bond donors (Lipinski definition) is 1. The van der Waals surface area contributed by atoms with Gasteiger partial charge < -0.3 is 14.0 Å². The third-order valence-corrected chi connectivity index (χ3v) is 3.30. The Balaban J connectivity index is 1.87. The van der Waals surface area contributed by atoms with Crippen LogP contribution in [0.25, 0.3) is 10.8 Å². The van der Waals surface area contributed by atoms with Crippen LogP contribution in [0, 0.1) is 0 Å². The van der Waals surface area contributed by atoms with Crippen LogP contribution >= 0.6 is 0 Å². The van der Waals surface area contributed by atoms with Gasteiger partial charge in [0.2, 0.25) is 5.88 Å². The summed E-state index contributed by atoms with van der Waals surface area (Å²) in [6.45, 7) is 0. The monoisotopic (exact) mass is 299 g/mol. The number of pyridine rings is 1. The average molecular weight is 299 g/mol. The highest BCUT2D eigenvalue weighted by molar-refractivity contribution is 7.80. The molecule has 3 rings (SSSR count). The number of anilines is 1. The molecule has 1 unspecified atom stereocenters. The Morgan fingerprint density at radius 1 is 1.05 bits per heavy atom. The van der Waals surface area contributed by atoms with E-state index in [0.29, 0.717) is 17.3 Å². The van der Waals surface area contributed by atoms with E-state index in [0.717, 1.165) is 10.8 Å². The molecule has 0 spiro atoms. The fourth-order valence-corrected chi connectivity index (χ4v) is 2.31. The molecular formula is C15H11N2O3S-.